The number of aromatic nitrogens is 3. The van der Waals surface area contributed by atoms with Crippen molar-refractivity contribution in [2.75, 3.05) is 20.3 Å². The van der Waals surface area contributed by atoms with Gasteiger partial charge in [-0.05, 0) is 31.4 Å². The van der Waals surface area contributed by atoms with Gasteiger partial charge in [-0.25, -0.2) is 0 Å². The van der Waals surface area contributed by atoms with Crippen LogP contribution in [0.4, 0.5) is 0 Å². The molecule has 142 valence electrons. The Morgan fingerprint density at radius 1 is 1.26 bits per heavy atom. The minimum Gasteiger partial charge on any atom is -0.384 e. The summed E-state index contributed by atoms with van der Waals surface area (Å²) < 4.78 is 15.8. The molecule has 0 spiro atoms. The minimum atomic E-state index is -0.187. The van der Waals surface area contributed by atoms with Gasteiger partial charge in [0.1, 0.15) is 11.7 Å². The smallest absolute Gasteiger partial charge is 0.249 e. The number of carbonyl (C=O) groups is 1. The lowest BCUT2D eigenvalue weighted by Crippen LogP contribution is -2.39. The second-order valence-corrected chi connectivity index (χ2v) is 6.69. The molecule has 8 nitrogen and oxygen atoms in total. The van der Waals surface area contributed by atoms with Crippen LogP contribution in [-0.2, 0) is 22.4 Å². The third-order valence-electron chi connectivity index (χ3n) is 4.89. The van der Waals surface area contributed by atoms with Gasteiger partial charge in [-0.2, -0.15) is 4.98 Å². The van der Waals surface area contributed by atoms with Crippen LogP contribution in [0.15, 0.2) is 33.3 Å². The van der Waals surface area contributed by atoms with Crippen molar-refractivity contribution in [1.29, 1.82) is 0 Å². The van der Waals surface area contributed by atoms with Crippen molar-refractivity contribution < 1.29 is 18.6 Å². The van der Waals surface area contributed by atoms with Crippen molar-refractivity contribution in [3.05, 3.63) is 41.7 Å². The van der Waals surface area contributed by atoms with Gasteiger partial charge in [0.25, 0.3) is 0 Å². The van der Waals surface area contributed by atoms with Crippen molar-refractivity contribution >= 4 is 16.9 Å². The lowest BCUT2D eigenvalue weighted by atomic mass is 10.0. The summed E-state index contributed by atoms with van der Waals surface area (Å²) in [5, 5.41) is 8.96. The molecule has 1 aliphatic heterocycles. The molecule has 27 heavy (non-hydrogen) atoms. The lowest BCUT2D eigenvalue weighted by Gasteiger charge is -2.33. The average Bonchev–Trinajstić information content (AvgIpc) is 3.34. The Morgan fingerprint density at radius 2 is 2.15 bits per heavy atom. The molecular formula is C19H22N4O4. The van der Waals surface area contributed by atoms with Crippen LogP contribution in [0.3, 0.4) is 0 Å². The maximum absolute atomic E-state index is 13.0. The lowest BCUT2D eigenvalue weighted by molar-refractivity contribution is -0.135. The van der Waals surface area contributed by atoms with E-state index in [9.17, 15) is 4.79 Å². The topological polar surface area (TPSA) is 94.5 Å². The molecule has 3 heterocycles. The van der Waals surface area contributed by atoms with Crippen molar-refractivity contribution in [2.45, 2.75) is 38.1 Å². The van der Waals surface area contributed by atoms with E-state index in [1.165, 1.54) is 0 Å². The molecule has 0 N–H and O–H groups in total. The molecule has 8 heteroatoms. The van der Waals surface area contributed by atoms with Gasteiger partial charge in [0.15, 0.2) is 11.4 Å². The van der Waals surface area contributed by atoms with Crippen molar-refractivity contribution in [1.82, 2.24) is 20.2 Å². The Bertz CT molecular complexity index is 919. The second-order valence-electron chi connectivity index (χ2n) is 6.69. The number of fused-ring (bicyclic) bond motifs is 1. The standard InChI is InChI=1S/C19H22N4O4/c1-25-11-9-17-20-19(27-22-17)15-7-4-5-10-23(15)18(24)12-14-13-6-2-3-8-16(13)26-21-14/h2-3,6,8,15H,4-5,7,9-12H2,1H3/t15-/m1/s1. The van der Waals surface area contributed by atoms with Crippen LogP contribution in [0.1, 0.15) is 42.7 Å². The maximum Gasteiger partial charge on any atom is 0.249 e. The van der Waals surface area contributed by atoms with Gasteiger partial charge in [0.2, 0.25) is 11.8 Å². The molecule has 3 aromatic rings. The second kappa shape index (κ2) is 7.87. The summed E-state index contributed by atoms with van der Waals surface area (Å²) >= 11 is 0. The molecule has 1 aromatic carbocycles. The fourth-order valence-corrected chi connectivity index (χ4v) is 3.49. The van der Waals surface area contributed by atoms with E-state index in [0.29, 0.717) is 42.6 Å². The summed E-state index contributed by atoms with van der Waals surface area (Å²) in [6.07, 6.45) is 3.59. The van der Waals surface area contributed by atoms with E-state index >= 15 is 0 Å². The maximum atomic E-state index is 13.0. The number of nitrogens with zero attached hydrogens (tertiary/aromatic N) is 4. The highest BCUT2D eigenvalue weighted by Gasteiger charge is 2.32. The molecule has 0 bridgehead atoms. The number of hydrogen-bond acceptors (Lipinski definition) is 7. The molecule has 1 atom stereocenters. The number of methoxy groups -OCH3 is 1. The number of piperidine rings is 1. The van der Waals surface area contributed by atoms with Crippen LogP contribution in [0.5, 0.6) is 0 Å². The third kappa shape index (κ3) is 3.71. The van der Waals surface area contributed by atoms with E-state index in [1.54, 1.807) is 7.11 Å². The molecular weight excluding hydrogens is 348 g/mol. The molecule has 4 rings (SSSR count). The summed E-state index contributed by atoms with van der Waals surface area (Å²) in [6, 6.07) is 7.38. The highest BCUT2D eigenvalue weighted by atomic mass is 16.5. The third-order valence-corrected chi connectivity index (χ3v) is 4.89. The Morgan fingerprint density at radius 3 is 3.04 bits per heavy atom. The Balaban J connectivity index is 1.51. The molecule has 1 fully saturated rings. The molecule has 1 saturated heterocycles. The first kappa shape index (κ1) is 17.7. The molecule has 1 aliphatic rings. The summed E-state index contributed by atoms with van der Waals surface area (Å²) in [5.41, 5.74) is 1.35. The first-order valence-electron chi connectivity index (χ1n) is 9.20. The van der Waals surface area contributed by atoms with E-state index in [1.807, 2.05) is 29.2 Å². The predicted octanol–water partition coefficient (Wildman–Crippen LogP) is 2.70. The quantitative estimate of drug-likeness (QED) is 0.658. The van der Waals surface area contributed by atoms with Crippen LogP contribution in [0.2, 0.25) is 0 Å². The van der Waals surface area contributed by atoms with Crippen molar-refractivity contribution in [3.8, 4) is 0 Å². The zero-order chi connectivity index (χ0) is 18.6. The molecule has 0 saturated carbocycles. The zero-order valence-corrected chi connectivity index (χ0v) is 15.3. The van der Waals surface area contributed by atoms with Crippen LogP contribution in [0.25, 0.3) is 11.0 Å². The summed E-state index contributed by atoms with van der Waals surface area (Å²) in [7, 11) is 1.64. The number of benzene rings is 1. The van der Waals surface area contributed by atoms with E-state index in [0.717, 1.165) is 24.6 Å². The first-order chi connectivity index (χ1) is 13.3. The molecule has 1 amide bonds. The normalized spacial score (nSPS) is 17.5. The van der Waals surface area contributed by atoms with E-state index in [2.05, 4.69) is 15.3 Å². The van der Waals surface area contributed by atoms with Crippen LogP contribution >= 0.6 is 0 Å². The fourth-order valence-electron chi connectivity index (χ4n) is 3.49. The van der Waals surface area contributed by atoms with Crippen molar-refractivity contribution in [3.63, 3.8) is 0 Å². The van der Waals surface area contributed by atoms with Gasteiger partial charge in [0.05, 0.1) is 13.0 Å². The van der Waals surface area contributed by atoms with E-state index < -0.39 is 0 Å². The first-order valence-corrected chi connectivity index (χ1v) is 9.20. The minimum absolute atomic E-state index is 0.00426. The van der Waals surface area contributed by atoms with Crippen molar-refractivity contribution in [2.24, 2.45) is 0 Å². The summed E-state index contributed by atoms with van der Waals surface area (Å²) in [6.45, 7) is 1.21. The number of likely N-dealkylation sites (tertiary alicyclic amines) is 1. The van der Waals surface area contributed by atoms with Gasteiger partial charge in [-0.15, -0.1) is 0 Å². The van der Waals surface area contributed by atoms with E-state index in [4.69, 9.17) is 13.8 Å². The number of ether oxygens (including phenoxy) is 1. The Kier molecular flexibility index (Phi) is 5.15. The molecule has 0 unspecified atom stereocenters. The molecule has 2 aromatic heterocycles. The predicted molar refractivity (Wildman–Crippen MR) is 95.9 cm³/mol. The van der Waals surface area contributed by atoms with Crippen LogP contribution in [0, 0.1) is 0 Å². The van der Waals surface area contributed by atoms with Gasteiger partial charge < -0.3 is 18.7 Å². The van der Waals surface area contributed by atoms with E-state index in [-0.39, 0.29) is 18.4 Å². The number of hydrogen-bond donors (Lipinski definition) is 0. The Labute approximate surface area is 156 Å². The summed E-state index contributed by atoms with van der Waals surface area (Å²) in [4.78, 5) is 19.3. The van der Waals surface area contributed by atoms with Gasteiger partial charge >= 0.3 is 0 Å². The number of amides is 1. The highest BCUT2D eigenvalue weighted by molar-refractivity contribution is 5.86. The number of rotatable bonds is 6. The molecule has 0 radical (unpaired) electrons. The fraction of sp³-hybridized carbons (Fsp3) is 0.474. The number of carbonyl (C=O) groups excluding carboxylic acids is 1. The number of para-hydroxylation sites is 1. The van der Waals surface area contributed by atoms with Crippen LogP contribution < -0.4 is 0 Å². The zero-order valence-electron chi connectivity index (χ0n) is 15.3. The van der Waals surface area contributed by atoms with Gasteiger partial charge in [-0.3, -0.25) is 4.79 Å². The van der Waals surface area contributed by atoms with Crippen LogP contribution in [-0.4, -0.2) is 46.4 Å². The average molecular weight is 370 g/mol. The Hall–Kier alpha value is -2.74. The van der Waals surface area contributed by atoms with Gasteiger partial charge in [0, 0.05) is 25.5 Å². The largest absolute Gasteiger partial charge is 0.384 e. The highest BCUT2D eigenvalue weighted by Crippen LogP contribution is 2.31. The molecule has 0 aliphatic carbocycles. The SMILES string of the molecule is COCCc1noc([C@H]2CCCCN2C(=O)Cc2noc3ccccc23)n1. The van der Waals surface area contributed by atoms with Gasteiger partial charge in [-0.1, -0.05) is 22.4 Å². The monoisotopic (exact) mass is 370 g/mol. The summed E-state index contributed by atoms with van der Waals surface area (Å²) in [5.74, 6) is 1.10.